The third-order valence-electron chi connectivity index (χ3n) is 5.35. The molecule has 0 atom stereocenters. The fraction of sp³-hybridized carbons (Fsp3) is 0.320. The zero-order valence-electron chi connectivity index (χ0n) is 19.7. The molecule has 1 aromatic heterocycles. The van der Waals surface area contributed by atoms with Gasteiger partial charge in [-0.2, -0.15) is 18.3 Å². The first kappa shape index (κ1) is 25.8. The van der Waals surface area contributed by atoms with Crippen LogP contribution in [0.1, 0.15) is 45.7 Å². The summed E-state index contributed by atoms with van der Waals surface area (Å²) in [6, 6.07) is 12.3. The summed E-state index contributed by atoms with van der Waals surface area (Å²) in [5.41, 5.74) is 1.31. The van der Waals surface area contributed by atoms with Crippen LogP contribution in [-0.2, 0) is 17.5 Å². The van der Waals surface area contributed by atoms with Crippen LogP contribution >= 0.6 is 0 Å². The minimum Gasteiger partial charge on any atom is -0.497 e. The topological polar surface area (TPSA) is 85.2 Å². The first-order chi connectivity index (χ1) is 16.6. The molecule has 2 N–H and O–H groups in total. The lowest BCUT2D eigenvalue weighted by molar-refractivity contribution is -0.138. The van der Waals surface area contributed by atoms with Crippen molar-refractivity contribution in [1.29, 1.82) is 0 Å². The number of ether oxygens (including phenoxy) is 1. The van der Waals surface area contributed by atoms with Gasteiger partial charge in [0, 0.05) is 30.8 Å². The molecule has 2 amide bonds. The number of methoxy groups -OCH3 is 1. The first-order valence-corrected chi connectivity index (χ1v) is 11.0. The number of aromatic nitrogens is 2. The van der Waals surface area contributed by atoms with Crippen molar-refractivity contribution in [2.24, 2.45) is 0 Å². The van der Waals surface area contributed by atoms with Gasteiger partial charge in [-0.3, -0.25) is 9.59 Å². The molecule has 10 heteroatoms. The minimum absolute atomic E-state index is 0.0380. The number of halogens is 3. The normalized spacial score (nSPS) is 11.3. The number of amides is 2. The minimum atomic E-state index is -4.59. The lowest BCUT2D eigenvalue weighted by atomic mass is 10.1. The zero-order chi connectivity index (χ0) is 25.6. The van der Waals surface area contributed by atoms with Crippen LogP contribution in [0.3, 0.4) is 0 Å². The summed E-state index contributed by atoms with van der Waals surface area (Å²) in [5.74, 6) is -0.0573. The summed E-state index contributed by atoms with van der Waals surface area (Å²) in [6.07, 6.45) is -4.18. The SMILES string of the molecule is COc1ccc(C(=O)NCCCC(=O)NCc2ccc(-n3nc(C)cc3C)cc2C(F)(F)F)cc1. The molecule has 0 aliphatic rings. The van der Waals surface area contributed by atoms with Gasteiger partial charge in [0.1, 0.15) is 5.75 Å². The predicted octanol–water partition coefficient (Wildman–Crippen LogP) is 4.34. The Kier molecular flexibility index (Phi) is 8.16. The molecule has 0 radical (unpaired) electrons. The van der Waals surface area contributed by atoms with Gasteiger partial charge in [0.15, 0.2) is 0 Å². The number of nitrogens with one attached hydrogen (secondary N) is 2. The number of carbonyl (C=O) groups is 2. The molecule has 3 aromatic rings. The highest BCUT2D eigenvalue weighted by Crippen LogP contribution is 2.33. The Morgan fingerprint density at radius 1 is 1.03 bits per heavy atom. The van der Waals surface area contributed by atoms with E-state index in [2.05, 4.69) is 15.7 Å². The highest BCUT2D eigenvalue weighted by molar-refractivity contribution is 5.94. The summed E-state index contributed by atoms with van der Waals surface area (Å²) < 4.78 is 47.6. The molecule has 7 nitrogen and oxygen atoms in total. The second-order valence-corrected chi connectivity index (χ2v) is 8.04. The molecular formula is C25H27F3N4O3. The van der Waals surface area contributed by atoms with Gasteiger partial charge in [0.25, 0.3) is 5.91 Å². The zero-order valence-corrected chi connectivity index (χ0v) is 19.7. The Morgan fingerprint density at radius 2 is 1.74 bits per heavy atom. The van der Waals surface area contributed by atoms with Gasteiger partial charge >= 0.3 is 6.18 Å². The van der Waals surface area contributed by atoms with Crippen molar-refractivity contribution in [2.45, 2.75) is 39.4 Å². The Labute approximate surface area is 201 Å². The second kappa shape index (κ2) is 11.1. The molecular weight excluding hydrogens is 461 g/mol. The maximum absolute atomic E-state index is 13.7. The Hall–Kier alpha value is -3.82. The number of hydrogen-bond donors (Lipinski definition) is 2. The van der Waals surface area contributed by atoms with E-state index >= 15 is 0 Å². The van der Waals surface area contributed by atoms with E-state index in [9.17, 15) is 22.8 Å². The van der Waals surface area contributed by atoms with Gasteiger partial charge in [-0.05, 0) is 68.3 Å². The number of benzene rings is 2. The number of carbonyl (C=O) groups excluding carboxylic acids is 2. The number of aryl methyl sites for hydroxylation is 2. The summed E-state index contributed by atoms with van der Waals surface area (Å²) in [4.78, 5) is 24.3. The molecule has 3 rings (SSSR count). The van der Waals surface area contributed by atoms with E-state index in [-0.39, 0.29) is 31.0 Å². The highest BCUT2D eigenvalue weighted by Gasteiger charge is 2.34. The van der Waals surface area contributed by atoms with Crippen LogP contribution in [0.4, 0.5) is 13.2 Å². The van der Waals surface area contributed by atoms with E-state index in [1.165, 1.54) is 17.9 Å². The fourth-order valence-electron chi connectivity index (χ4n) is 3.58. The lowest BCUT2D eigenvalue weighted by Gasteiger charge is -2.16. The quantitative estimate of drug-likeness (QED) is 0.439. The van der Waals surface area contributed by atoms with E-state index in [0.29, 0.717) is 29.1 Å². The smallest absolute Gasteiger partial charge is 0.416 e. The van der Waals surface area contributed by atoms with Crippen molar-refractivity contribution in [1.82, 2.24) is 20.4 Å². The second-order valence-electron chi connectivity index (χ2n) is 8.04. The number of nitrogens with zero attached hydrogens (tertiary/aromatic N) is 2. The van der Waals surface area contributed by atoms with Crippen molar-refractivity contribution >= 4 is 11.8 Å². The third-order valence-corrected chi connectivity index (χ3v) is 5.35. The maximum atomic E-state index is 13.7. The molecule has 0 aliphatic carbocycles. The molecule has 1 heterocycles. The molecule has 186 valence electrons. The van der Waals surface area contributed by atoms with Gasteiger partial charge < -0.3 is 15.4 Å². The third kappa shape index (κ3) is 6.84. The average molecular weight is 489 g/mol. The highest BCUT2D eigenvalue weighted by atomic mass is 19.4. The molecule has 0 unspecified atom stereocenters. The first-order valence-electron chi connectivity index (χ1n) is 11.0. The van der Waals surface area contributed by atoms with Crippen molar-refractivity contribution in [3.8, 4) is 11.4 Å². The van der Waals surface area contributed by atoms with Crippen molar-refractivity contribution in [3.63, 3.8) is 0 Å². The van der Waals surface area contributed by atoms with Gasteiger partial charge in [0.05, 0.1) is 24.1 Å². The fourth-order valence-corrected chi connectivity index (χ4v) is 3.58. The van der Waals surface area contributed by atoms with Crippen LogP contribution in [0.15, 0.2) is 48.5 Å². The average Bonchev–Trinajstić information content (AvgIpc) is 3.17. The van der Waals surface area contributed by atoms with Crippen molar-refractivity contribution in [2.75, 3.05) is 13.7 Å². The largest absolute Gasteiger partial charge is 0.497 e. The Morgan fingerprint density at radius 3 is 2.34 bits per heavy atom. The lowest BCUT2D eigenvalue weighted by Crippen LogP contribution is -2.28. The number of rotatable bonds is 9. The van der Waals surface area contributed by atoms with Crippen LogP contribution in [0.5, 0.6) is 5.75 Å². The van der Waals surface area contributed by atoms with Gasteiger partial charge in [0.2, 0.25) is 5.91 Å². The molecule has 0 saturated carbocycles. The van der Waals surface area contributed by atoms with E-state index in [1.54, 1.807) is 50.2 Å². The Bertz CT molecular complexity index is 1190. The summed E-state index contributed by atoms with van der Waals surface area (Å²) >= 11 is 0. The molecule has 0 saturated heterocycles. The Balaban J connectivity index is 1.53. The molecule has 0 fully saturated rings. The maximum Gasteiger partial charge on any atom is 0.416 e. The van der Waals surface area contributed by atoms with Gasteiger partial charge in [-0.25, -0.2) is 4.68 Å². The molecule has 0 aliphatic heterocycles. The van der Waals surface area contributed by atoms with Crippen LogP contribution < -0.4 is 15.4 Å². The van der Waals surface area contributed by atoms with Crippen LogP contribution in [0, 0.1) is 13.8 Å². The standard InChI is InChI=1S/C25H27F3N4O3/c1-16-13-17(2)32(31-16)20-9-6-19(22(14-20)25(26,27)28)15-30-23(33)5-4-12-29-24(34)18-7-10-21(35-3)11-8-18/h6-11,13-14H,4-5,12,15H2,1-3H3,(H,29,34)(H,30,33). The number of hydrogen-bond acceptors (Lipinski definition) is 4. The van der Waals surface area contributed by atoms with Crippen molar-refractivity contribution < 1.29 is 27.5 Å². The van der Waals surface area contributed by atoms with Gasteiger partial charge in [-0.15, -0.1) is 0 Å². The van der Waals surface area contributed by atoms with E-state index in [0.717, 1.165) is 11.8 Å². The summed E-state index contributed by atoms with van der Waals surface area (Å²) in [7, 11) is 1.53. The van der Waals surface area contributed by atoms with E-state index < -0.39 is 17.6 Å². The van der Waals surface area contributed by atoms with E-state index in [4.69, 9.17) is 4.74 Å². The van der Waals surface area contributed by atoms with E-state index in [1.807, 2.05) is 0 Å². The van der Waals surface area contributed by atoms with Gasteiger partial charge in [-0.1, -0.05) is 6.07 Å². The molecule has 35 heavy (non-hydrogen) atoms. The predicted molar refractivity (Wildman–Crippen MR) is 124 cm³/mol. The molecule has 2 aromatic carbocycles. The molecule has 0 spiro atoms. The van der Waals surface area contributed by atoms with Crippen LogP contribution in [-0.4, -0.2) is 35.2 Å². The molecule has 0 bridgehead atoms. The summed E-state index contributed by atoms with van der Waals surface area (Å²) in [5, 5.41) is 9.47. The summed E-state index contributed by atoms with van der Waals surface area (Å²) in [6.45, 7) is 3.52. The van der Waals surface area contributed by atoms with Crippen LogP contribution in [0.25, 0.3) is 5.69 Å². The number of alkyl halides is 3. The van der Waals surface area contributed by atoms with Crippen LogP contribution in [0.2, 0.25) is 0 Å². The van der Waals surface area contributed by atoms with Crippen molar-refractivity contribution in [3.05, 3.63) is 76.6 Å². The monoisotopic (exact) mass is 488 g/mol.